The Balaban J connectivity index is 1.77. The SMILES string of the molecule is CC(=O)c1ccc(CNC(=O)OCc2cccnc2)cc1. The first-order valence-electron chi connectivity index (χ1n) is 6.54. The van der Waals surface area contributed by atoms with E-state index in [1.807, 2.05) is 6.07 Å². The van der Waals surface area contributed by atoms with Crippen LogP contribution in [-0.4, -0.2) is 16.9 Å². The fourth-order valence-electron chi connectivity index (χ4n) is 1.71. The normalized spacial score (nSPS) is 9.95. The van der Waals surface area contributed by atoms with Gasteiger partial charge < -0.3 is 10.1 Å². The van der Waals surface area contributed by atoms with Gasteiger partial charge >= 0.3 is 6.09 Å². The number of alkyl carbamates (subject to hydrolysis) is 1. The van der Waals surface area contributed by atoms with Gasteiger partial charge in [0.1, 0.15) is 6.61 Å². The predicted molar refractivity (Wildman–Crippen MR) is 77.7 cm³/mol. The van der Waals surface area contributed by atoms with Crippen molar-refractivity contribution in [2.75, 3.05) is 0 Å². The third kappa shape index (κ3) is 4.72. The highest BCUT2D eigenvalue weighted by molar-refractivity contribution is 5.94. The van der Waals surface area contributed by atoms with Crippen molar-refractivity contribution in [2.24, 2.45) is 0 Å². The molecular weight excluding hydrogens is 268 g/mol. The zero-order chi connectivity index (χ0) is 15.1. The van der Waals surface area contributed by atoms with Crippen LogP contribution in [0.15, 0.2) is 48.8 Å². The number of Topliss-reactive ketones (excluding diaryl/α,β-unsaturated/α-hetero) is 1. The number of nitrogens with zero attached hydrogens (tertiary/aromatic N) is 1. The van der Waals surface area contributed by atoms with E-state index >= 15 is 0 Å². The van der Waals surface area contributed by atoms with Gasteiger partial charge in [0, 0.05) is 30.1 Å². The van der Waals surface area contributed by atoms with Crippen molar-refractivity contribution in [2.45, 2.75) is 20.1 Å². The van der Waals surface area contributed by atoms with Crippen molar-refractivity contribution in [3.8, 4) is 0 Å². The molecule has 1 N–H and O–H groups in total. The average molecular weight is 284 g/mol. The molecule has 5 heteroatoms. The number of carbonyl (C=O) groups excluding carboxylic acids is 2. The van der Waals surface area contributed by atoms with E-state index in [9.17, 15) is 9.59 Å². The largest absolute Gasteiger partial charge is 0.445 e. The van der Waals surface area contributed by atoms with Crippen LogP contribution in [0.5, 0.6) is 0 Å². The van der Waals surface area contributed by atoms with Gasteiger partial charge in [-0.2, -0.15) is 0 Å². The van der Waals surface area contributed by atoms with Crippen LogP contribution in [0, 0.1) is 0 Å². The second kappa shape index (κ2) is 7.19. The minimum Gasteiger partial charge on any atom is -0.445 e. The number of nitrogens with one attached hydrogen (secondary N) is 1. The standard InChI is InChI=1S/C16H16N2O3/c1-12(19)15-6-4-13(5-7-15)10-18-16(20)21-11-14-3-2-8-17-9-14/h2-9H,10-11H2,1H3,(H,18,20). The molecule has 0 spiro atoms. The summed E-state index contributed by atoms with van der Waals surface area (Å²) >= 11 is 0. The Morgan fingerprint density at radius 1 is 1.14 bits per heavy atom. The summed E-state index contributed by atoms with van der Waals surface area (Å²) in [5, 5.41) is 2.65. The summed E-state index contributed by atoms with van der Waals surface area (Å²) in [7, 11) is 0. The first kappa shape index (κ1) is 14.7. The highest BCUT2D eigenvalue weighted by atomic mass is 16.5. The third-order valence-corrected chi connectivity index (χ3v) is 2.89. The Bertz CT molecular complexity index is 609. The molecule has 108 valence electrons. The first-order chi connectivity index (χ1) is 10.1. The van der Waals surface area contributed by atoms with Crippen LogP contribution in [0.2, 0.25) is 0 Å². The van der Waals surface area contributed by atoms with E-state index in [0.29, 0.717) is 12.1 Å². The van der Waals surface area contributed by atoms with Crippen molar-refractivity contribution in [1.82, 2.24) is 10.3 Å². The molecule has 1 aromatic carbocycles. The van der Waals surface area contributed by atoms with Gasteiger partial charge in [-0.05, 0) is 18.6 Å². The maximum absolute atomic E-state index is 11.6. The maximum Gasteiger partial charge on any atom is 0.407 e. The smallest absolute Gasteiger partial charge is 0.407 e. The van der Waals surface area contributed by atoms with Crippen LogP contribution in [0.25, 0.3) is 0 Å². The van der Waals surface area contributed by atoms with E-state index in [2.05, 4.69) is 10.3 Å². The summed E-state index contributed by atoms with van der Waals surface area (Å²) in [5.74, 6) is 0.0189. The monoisotopic (exact) mass is 284 g/mol. The molecule has 0 aliphatic carbocycles. The summed E-state index contributed by atoms with van der Waals surface area (Å²) in [6.45, 7) is 2.05. The van der Waals surface area contributed by atoms with Gasteiger partial charge in [0.15, 0.2) is 5.78 Å². The molecule has 21 heavy (non-hydrogen) atoms. The maximum atomic E-state index is 11.6. The number of benzene rings is 1. The fraction of sp³-hybridized carbons (Fsp3) is 0.188. The lowest BCUT2D eigenvalue weighted by Gasteiger charge is -2.07. The summed E-state index contributed by atoms with van der Waals surface area (Å²) in [4.78, 5) is 26.6. The molecule has 0 aliphatic rings. The van der Waals surface area contributed by atoms with Gasteiger partial charge in [-0.1, -0.05) is 30.3 Å². The minimum atomic E-state index is -0.491. The average Bonchev–Trinajstić information content (AvgIpc) is 2.52. The van der Waals surface area contributed by atoms with Crippen LogP contribution < -0.4 is 5.32 Å². The topological polar surface area (TPSA) is 68.3 Å². The molecular formula is C16H16N2O3. The number of carbonyl (C=O) groups is 2. The lowest BCUT2D eigenvalue weighted by molar-refractivity contribution is 0.101. The van der Waals surface area contributed by atoms with Gasteiger partial charge in [-0.15, -0.1) is 0 Å². The van der Waals surface area contributed by atoms with E-state index in [1.165, 1.54) is 6.92 Å². The van der Waals surface area contributed by atoms with Crippen molar-refractivity contribution in [3.63, 3.8) is 0 Å². The molecule has 0 bridgehead atoms. The van der Waals surface area contributed by atoms with Gasteiger partial charge in [0.2, 0.25) is 0 Å². The molecule has 5 nitrogen and oxygen atoms in total. The summed E-state index contributed by atoms with van der Waals surface area (Å²) < 4.78 is 5.07. The number of amides is 1. The molecule has 0 radical (unpaired) electrons. The number of ether oxygens (including phenoxy) is 1. The van der Waals surface area contributed by atoms with Crippen molar-refractivity contribution >= 4 is 11.9 Å². The van der Waals surface area contributed by atoms with E-state index in [0.717, 1.165) is 11.1 Å². The lowest BCUT2D eigenvalue weighted by Crippen LogP contribution is -2.23. The second-order valence-electron chi connectivity index (χ2n) is 4.54. The Kier molecular flexibility index (Phi) is 5.04. The van der Waals surface area contributed by atoms with Gasteiger partial charge in [0.25, 0.3) is 0 Å². The van der Waals surface area contributed by atoms with Gasteiger partial charge in [-0.3, -0.25) is 9.78 Å². The molecule has 0 atom stereocenters. The molecule has 2 aromatic rings. The Morgan fingerprint density at radius 2 is 1.90 bits per heavy atom. The highest BCUT2D eigenvalue weighted by Crippen LogP contribution is 2.05. The van der Waals surface area contributed by atoms with Crippen LogP contribution >= 0.6 is 0 Å². The lowest BCUT2D eigenvalue weighted by atomic mass is 10.1. The minimum absolute atomic E-state index is 0.0189. The van der Waals surface area contributed by atoms with E-state index in [-0.39, 0.29) is 12.4 Å². The number of aromatic nitrogens is 1. The fourth-order valence-corrected chi connectivity index (χ4v) is 1.71. The van der Waals surface area contributed by atoms with Crippen molar-refractivity contribution in [3.05, 3.63) is 65.5 Å². The van der Waals surface area contributed by atoms with Crippen LogP contribution in [0.1, 0.15) is 28.4 Å². The van der Waals surface area contributed by atoms with Crippen LogP contribution in [0.3, 0.4) is 0 Å². The number of ketones is 1. The van der Waals surface area contributed by atoms with E-state index in [1.54, 1.807) is 42.7 Å². The molecule has 1 aromatic heterocycles. The van der Waals surface area contributed by atoms with Gasteiger partial charge in [-0.25, -0.2) is 4.79 Å². The molecule has 1 amide bonds. The Hall–Kier alpha value is -2.69. The molecule has 1 heterocycles. The molecule has 0 fully saturated rings. The first-order valence-corrected chi connectivity index (χ1v) is 6.54. The third-order valence-electron chi connectivity index (χ3n) is 2.89. The predicted octanol–water partition coefficient (Wildman–Crippen LogP) is 2.71. The molecule has 0 unspecified atom stereocenters. The number of hydrogen-bond acceptors (Lipinski definition) is 4. The molecule has 0 saturated heterocycles. The van der Waals surface area contributed by atoms with Gasteiger partial charge in [0.05, 0.1) is 0 Å². The quantitative estimate of drug-likeness (QED) is 0.857. The van der Waals surface area contributed by atoms with Crippen LogP contribution in [0.4, 0.5) is 4.79 Å². The molecule has 0 aliphatic heterocycles. The summed E-state index contributed by atoms with van der Waals surface area (Å²) in [6.07, 6.45) is 2.82. The second-order valence-corrected chi connectivity index (χ2v) is 4.54. The number of rotatable bonds is 5. The summed E-state index contributed by atoms with van der Waals surface area (Å²) in [5.41, 5.74) is 2.38. The zero-order valence-corrected chi connectivity index (χ0v) is 11.7. The number of hydrogen-bond donors (Lipinski definition) is 1. The highest BCUT2D eigenvalue weighted by Gasteiger charge is 2.04. The molecule has 2 rings (SSSR count). The van der Waals surface area contributed by atoms with E-state index in [4.69, 9.17) is 4.74 Å². The summed E-state index contributed by atoms with van der Waals surface area (Å²) in [6, 6.07) is 10.7. The molecule has 0 saturated carbocycles. The van der Waals surface area contributed by atoms with Crippen molar-refractivity contribution in [1.29, 1.82) is 0 Å². The Morgan fingerprint density at radius 3 is 2.52 bits per heavy atom. The van der Waals surface area contributed by atoms with Crippen molar-refractivity contribution < 1.29 is 14.3 Å². The number of pyridine rings is 1. The Labute approximate surface area is 123 Å². The van der Waals surface area contributed by atoms with Crippen LogP contribution in [-0.2, 0) is 17.9 Å². The zero-order valence-electron chi connectivity index (χ0n) is 11.7. The van der Waals surface area contributed by atoms with E-state index < -0.39 is 6.09 Å².